The molecule has 1 atom stereocenters. The molecule has 2 heterocycles. The van der Waals surface area contributed by atoms with E-state index in [4.69, 9.17) is 4.74 Å². The molecule has 2 aromatic rings. The molecule has 1 aliphatic rings. The van der Waals surface area contributed by atoms with Gasteiger partial charge in [0, 0.05) is 25.2 Å². The van der Waals surface area contributed by atoms with E-state index >= 15 is 0 Å². The second-order valence-corrected chi connectivity index (χ2v) is 6.83. The number of hydrogen-bond donors (Lipinski definition) is 1. The maximum absolute atomic E-state index is 12.2. The first-order valence-electron chi connectivity index (χ1n) is 8.58. The number of methoxy groups -OCH3 is 1. The zero-order valence-corrected chi connectivity index (χ0v) is 15.1. The number of nitrogens with one attached hydrogen (secondary N) is 1. The van der Waals surface area contributed by atoms with Crippen LogP contribution in [0.5, 0.6) is 5.88 Å². The van der Waals surface area contributed by atoms with Crippen molar-refractivity contribution in [3.05, 3.63) is 16.8 Å². The van der Waals surface area contributed by atoms with E-state index in [0.29, 0.717) is 30.7 Å². The summed E-state index contributed by atoms with van der Waals surface area (Å²) in [6.07, 6.45) is 3.64. The molecule has 2 aromatic heterocycles. The lowest BCUT2D eigenvalue weighted by Crippen LogP contribution is -2.34. The normalized spacial score (nSPS) is 15.5. The van der Waals surface area contributed by atoms with E-state index in [0.717, 1.165) is 27.9 Å². The van der Waals surface area contributed by atoms with Gasteiger partial charge in [-0.1, -0.05) is 0 Å². The summed E-state index contributed by atoms with van der Waals surface area (Å²) in [5.74, 6) is 1.38. The molecule has 0 spiro atoms. The van der Waals surface area contributed by atoms with E-state index in [1.807, 2.05) is 14.0 Å². The van der Waals surface area contributed by atoms with Crippen LogP contribution in [-0.4, -0.2) is 33.8 Å². The summed E-state index contributed by atoms with van der Waals surface area (Å²) in [6, 6.07) is 0.290. The second kappa shape index (κ2) is 6.42. The van der Waals surface area contributed by atoms with Crippen LogP contribution in [0.1, 0.15) is 43.0 Å². The number of fused-ring (bicyclic) bond motifs is 1. The highest BCUT2D eigenvalue weighted by Gasteiger charge is 2.28. The molecule has 0 aromatic carbocycles. The zero-order chi connectivity index (χ0) is 17.4. The smallest absolute Gasteiger partial charge is 0.242 e. The van der Waals surface area contributed by atoms with E-state index in [-0.39, 0.29) is 5.91 Å². The van der Waals surface area contributed by atoms with Crippen LogP contribution in [0.4, 0.5) is 0 Å². The third-order valence-electron chi connectivity index (χ3n) is 5.04. The molecule has 1 fully saturated rings. The van der Waals surface area contributed by atoms with E-state index in [1.165, 1.54) is 12.8 Å². The summed E-state index contributed by atoms with van der Waals surface area (Å²) < 4.78 is 7.12. The van der Waals surface area contributed by atoms with Crippen molar-refractivity contribution in [1.29, 1.82) is 0 Å². The molecule has 6 heteroatoms. The fourth-order valence-electron chi connectivity index (χ4n) is 3.39. The summed E-state index contributed by atoms with van der Waals surface area (Å²) in [5.41, 5.74) is 3.99. The van der Waals surface area contributed by atoms with Crippen molar-refractivity contribution >= 4 is 16.9 Å². The Balaban J connectivity index is 1.79. The molecule has 0 saturated heterocycles. The van der Waals surface area contributed by atoms with Gasteiger partial charge in [-0.25, -0.2) is 9.67 Å². The second-order valence-electron chi connectivity index (χ2n) is 6.83. The number of pyridine rings is 1. The predicted molar refractivity (Wildman–Crippen MR) is 93.2 cm³/mol. The van der Waals surface area contributed by atoms with Crippen LogP contribution in [0.25, 0.3) is 11.0 Å². The van der Waals surface area contributed by atoms with Gasteiger partial charge in [-0.15, -0.1) is 5.10 Å². The number of aromatic nitrogens is 3. The number of aryl methyl sites for hydroxylation is 3. The quantitative estimate of drug-likeness (QED) is 0.883. The van der Waals surface area contributed by atoms with Gasteiger partial charge in [0.1, 0.15) is 0 Å². The molecule has 1 N–H and O–H groups in total. The maximum atomic E-state index is 12.2. The summed E-state index contributed by atoms with van der Waals surface area (Å²) in [4.78, 5) is 16.9. The molecule has 24 heavy (non-hydrogen) atoms. The van der Waals surface area contributed by atoms with Gasteiger partial charge in [-0.2, -0.15) is 0 Å². The van der Waals surface area contributed by atoms with Gasteiger partial charge in [0.25, 0.3) is 0 Å². The number of ether oxygens (including phenoxy) is 1. The molecular formula is C18H26N4O2. The first-order chi connectivity index (χ1) is 11.4. The average Bonchev–Trinajstić information content (AvgIpc) is 3.32. The highest BCUT2D eigenvalue weighted by Crippen LogP contribution is 2.32. The molecular weight excluding hydrogens is 304 g/mol. The van der Waals surface area contributed by atoms with Crippen molar-refractivity contribution in [3.8, 4) is 5.88 Å². The van der Waals surface area contributed by atoms with E-state index in [1.54, 1.807) is 11.8 Å². The van der Waals surface area contributed by atoms with Gasteiger partial charge >= 0.3 is 0 Å². The number of carbonyl (C=O) groups is 1. The molecule has 0 bridgehead atoms. The molecule has 0 aliphatic heterocycles. The Hall–Kier alpha value is -2.11. The van der Waals surface area contributed by atoms with Crippen LogP contribution < -0.4 is 10.1 Å². The van der Waals surface area contributed by atoms with Gasteiger partial charge in [-0.05, 0) is 57.1 Å². The van der Waals surface area contributed by atoms with Crippen LogP contribution in [0.15, 0.2) is 0 Å². The SMILES string of the molecule is COc1nn(C)c2nc(C)c(CCC(=O)N[C@@H](C)C3CC3)c(C)c12. The monoisotopic (exact) mass is 330 g/mol. The standard InChI is InChI=1S/C18H26N4O2/c1-10-14(8-9-15(23)19-11(2)13-6-7-13)12(3)20-17-16(10)18(24-5)21-22(17)4/h11,13H,6-9H2,1-5H3,(H,19,23)/t11-/m0/s1. The summed E-state index contributed by atoms with van der Waals surface area (Å²) in [7, 11) is 3.48. The molecule has 3 rings (SSSR count). The Bertz CT molecular complexity index is 777. The lowest BCUT2D eigenvalue weighted by Gasteiger charge is -2.14. The highest BCUT2D eigenvalue weighted by molar-refractivity contribution is 5.86. The lowest BCUT2D eigenvalue weighted by atomic mass is 10.00. The third kappa shape index (κ3) is 3.09. The van der Waals surface area contributed by atoms with Crippen molar-refractivity contribution in [2.45, 2.75) is 52.5 Å². The first-order valence-corrected chi connectivity index (χ1v) is 8.58. The lowest BCUT2D eigenvalue weighted by molar-refractivity contribution is -0.121. The summed E-state index contributed by atoms with van der Waals surface area (Å²) in [5, 5.41) is 8.42. The van der Waals surface area contributed by atoms with Gasteiger partial charge in [0.2, 0.25) is 11.8 Å². The van der Waals surface area contributed by atoms with Crippen LogP contribution >= 0.6 is 0 Å². The highest BCUT2D eigenvalue weighted by atomic mass is 16.5. The average molecular weight is 330 g/mol. The Morgan fingerprint density at radius 2 is 2.12 bits per heavy atom. The van der Waals surface area contributed by atoms with Crippen LogP contribution in [0.2, 0.25) is 0 Å². The van der Waals surface area contributed by atoms with Gasteiger partial charge in [-0.3, -0.25) is 4.79 Å². The van der Waals surface area contributed by atoms with Crippen molar-refractivity contribution in [2.75, 3.05) is 7.11 Å². The molecule has 0 unspecified atom stereocenters. The Morgan fingerprint density at radius 1 is 1.42 bits per heavy atom. The fraction of sp³-hybridized carbons (Fsp3) is 0.611. The fourth-order valence-corrected chi connectivity index (χ4v) is 3.39. The van der Waals surface area contributed by atoms with Crippen LogP contribution in [-0.2, 0) is 18.3 Å². The number of carbonyl (C=O) groups excluding carboxylic acids is 1. The number of nitrogens with zero attached hydrogens (tertiary/aromatic N) is 3. The van der Waals surface area contributed by atoms with Crippen molar-refractivity contribution in [2.24, 2.45) is 13.0 Å². The molecule has 1 saturated carbocycles. The minimum Gasteiger partial charge on any atom is -0.479 e. The van der Waals surface area contributed by atoms with Crippen molar-refractivity contribution in [1.82, 2.24) is 20.1 Å². The van der Waals surface area contributed by atoms with Gasteiger partial charge in [0.05, 0.1) is 12.5 Å². The maximum Gasteiger partial charge on any atom is 0.242 e. The Labute approximate surface area is 142 Å². The molecule has 1 amide bonds. The Kier molecular flexibility index (Phi) is 4.47. The van der Waals surface area contributed by atoms with Crippen LogP contribution in [0.3, 0.4) is 0 Å². The number of amides is 1. The van der Waals surface area contributed by atoms with E-state index < -0.39 is 0 Å². The molecule has 6 nitrogen and oxygen atoms in total. The summed E-state index contributed by atoms with van der Waals surface area (Å²) in [6.45, 7) is 6.15. The largest absolute Gasteiger partial charge is 0.479 e. The topological polar surface area (TPSA) is 69.0 Å². The van der Waals surface area contributed by atoms with Crippen molar-refractivity contribution in [3.63, 3.8) is 0 Å². The number of rotatable bonds is 6. The molecule has 130 valence electrons. The zero-order valence-electron chi connectivity index (χ0n) is 15.1. The van der Waals surface area contributed by atoms with Crippen molar-refractivity contribution < 1.29 is 9.53 Å². The van der Waals surface area contributed by atoms with Gasteiger partial charge < -0.3 is 10.1 Å². The van der Waals surface area contributed by atoms with E-state index in [2.05, 4.69) is 29.2 Å². The first kappa shape index (κ1) is 16.7. The van der Waals surface area contributed by atoms with Crippen LogP contribution in [0, 0.1) is 19.8 Å². The minimum atomic E-state index is 0.117. The number of hydrogen-bond acceptors (Lipinski definition) is 4. The molecule has 1 aliphatic carbocycles. The van der Waals surface area contributed by atoms with Gasteiger partial charge in [0.15, 0.2) is 5.65 Å². The predicted octanol–water partition coefficient (Wildman–Crippen LogP) is 2.44. The third-order valence-corrected chi connectivity index (χ3v) is 5.04. The summed E-state index contributed by atoms with van der Waals surface area (Å²) >= 11 is 0. The minimum absolute atomic E-state index is 0.117. The molecule has 0 radical (unpaired) electrons. The Morgan fingerprint density at radius 3 is 2.75 bits per heavy atom. The van der Waals surface area contributed by atoms with E-state index in [9.17, 15) is 4.79 Å².